The highest BCUT2D eigenvalue weighted by atomic mass is 16.2. The number of rotatable bonds is 6. The first-order valence-electron chi connectivity index (χ1n) is 5.97. The number of nitrogens with zero attached hydrogens (tertiary/aromatic N) is 1. The predicted molar refractivity (Wildman–Crippen MR) is 72.0 cm³/mol. The standard InChI is InChI=1S/C13H21N3O/c1-3-4-8-15-13(17)10-16(2)12-7-5-6-11(14)9-12/h5-7,9H,3-4,8,10,14H2,1-2H3,(H,15,17). The number of nitrogen functional groups attached to an aromatic ring is 1. The molecular formula is C13H21N3O. The summed E-state index contributed by atoms with van der Waals surface area (Å²) in [7, 11) is 1.88. The van der Waals surface area contributed by atoms with E-state index >= 15 is 0 Å². The normalized spacial score (nSPS) is 10.0. The first-order chi connectivity index (χ1) is 8.13. The Morgan fingerprint density at radius 3 is 2.88 bits per heavy atom. The average molecular weight is 235 g/mol. The maximum absolute atomic E-state index is 11.6. The van der Waals surface area contributed by atoms with Crippen LogP contribution in [0.25, 0.3) is 0 Å². The Hall–Kier alpha value is -1.71. The second-order valence-electron chi connectivity index (χ2n) is 4.15. The number of hydrogen-bond acceptors (Lipinski definition) is 3. The number of hydrogen-bond donors (Lipinski definition) is 2. The SMILES string of the molecule is CCCCNC(=O)CN(C)c1cccc(N)c1. The third-order valence-electron chi connectivity index (χ3n) is 2.54. The average Bonchev–Trinajstić information content (AvgIpc) is 2.29. The minimum absolute atomic E-state index is 0.0448. The largest absolute Gasteiger partial charge is 0.399 e. The predicted octanol–water partition coefficient (Wildman–Crippen LogP) is 1.62. The number of anilines is 2. The molecule has 1 aromatic carbocycles. The molecule has 0 saturated heterocycles. The van der Waals surface area contributed by atoms with Gasteiger partial charge in [-0.2, -0.15) is 0 Å². The lowest BCUT2D eigenvalue weighted by Crippen LogP contribution is -2.35. The fraction of sp³-hybridized carbons (Fsp3) is 0.462. The van der Waals surface area contributed by atoms with Crippen LogP contribution in [0.2, 0.25) is 0 Å². The summed E-state index contributed by atoms with van der Waals surface area (Å²) in [5.74, 6) is 0.0448. The quantitative estimate of drug-likeness (QED) is 0.582. The molecule has 3 N–H and O–H groups in total. The lowest BCUT2D eigenvalue weighted by molar-refractivity contribution is -0.119. The Balaban J connectivity index is 2.43. The van der Waals surface area contributed by atoms with Crippen molar-refractivity contribution in [2.24, 2.45) is 0 Å². The number of likely N-dealkylation sites (N-methyl/N-ethyl adjacent to an activating group) is 1. The molecule has 94 valence electrons. The molecule has 0 heterocycles. The number of nitrogens with one attached hydrogen (secondary N) is 1. The monoisotopic (exact) mass is 235 g/mol. The maximum atomic E-state index is 11.6. The summed E-state index contributed by atoms with van der Waals surface area (Å²) in [5, 5.41) is 2.89. The highest BCUT2D eigenvalue weighted by Gasteiger charge is 2.06. The van der Waals surface area contributed by atoms with Gasteiger partial charge in [0.25, 0.3) is 0 Å². The number of carbonyl (C=O) groups is 1. The summed E-state index contributed by atoms with van der Waals surface area (Å²) in [6, 6.07) is 7.52. The zero-order valence-electron chi connectivity index (χ0n) is 10.6. The highest BCUT2D eigenvalue weighted by Crippen LogP contribution is 2.15. The van der Waals surface area contributed by atoms with Gasteiger partial charge >= 0.3 is 0 Å². The molecule has 0 radical (unpaired) electrons. The van der Waals surface area contributed by atoms with Crippen molar-refractivity contribution in [3.8, 4) is 0 Å². The molecular weight excluding hydrogens is 214 g/mol. The molecule has 0 aliphatic rings. The van der Waals surface area contributed by atoms with Crippen LogP contribution in [-0.4, -0.2) is 26.0 Å². The number of carbonyl (C=O) groups excluding carboxylic acids is 1. The van der Waals surface area contributed by atoms with Crippen molar-refractivity contribution in [1.82, 2.24) is 5.32 Å². The Bertz CT molecular complexity index is 365. The molecule has 1 amide bonds. The molecule has 0 saturated carbocycles. The van der Waals surface area contributed by atoms with Crippen LogP contribution in [0.1, 0.15) is 19.8 Å². The van der Waals surface area contributed by atoms with Crippen molar-refractivity contribution in [1.29, 1.82) is 0 Å². The van der Waals surface area contributed by atoms with E-state index in [2.05, 4.69) is 12.2 Å². The van der Waals surface area contributed by atoms with Gasteiger partial charge in [-0.25, -0.2) is 0 Å². The van der Waals surface area contributed by atoms with Gasteiger partial charge in [-0.3, -0.25) is 4.79 Å². The first-order valence-corrected chi connectivity index (χ1v) is 5.97. The first kappa shape index (κ1) is 13.4. The van der Waals surface area contributed by atoms with Crippen molar-refractivity contribution in [3.63, 3.8) is 0 Å². The van der Waals surface area contributed by atoms with Crippen molar-refractivity contribution in [3.05, 3.63) is 24.3 Å². The molecule has 4 heteroatoms. The van der Waals surface area contributed by atoms with Gasteiger partial charge in [0.15, 0.2) is 0 Å². The zero-order chi connectivity index (χ0) is 12.7. The van der Waals surface area contributed by atoms with Crippen molar-refractivity contribution < 1.29 is 4.79 Å². The van der Waals surface area contributed by atoms with Gasteiger partial charge in [-0.05, 0) is 24.6 Å². The Labute approximate surface area is 103 Å². The minimum atomic E-state index is 0.0448. The van der Waals surface area contributed by atoms with E-state index in [9.17, 15) is 4.79 Å². The summed E-state index contributed by atoms with van der Waals surface area (Å²) in [4.78, 5) is 13.5. The van der Waals surface area contributed by atoms with Crippen LogP contribution >= 0.6 is 0 Å². The molecule has 1 aromatic rings. The molecule has 0 fully saturated rings. The van der Waals surface area contributed by atoms with E-state index in [1.807, 2.05) is 36.2 Å². The lowest BCUT2D eigenvalue weighted by atomic mass is 10.2. The highest BCUT2D eigenvalue weighted by molar-refractivity contribution is 5.81. The van der Waals surface area contributed by atoms with Crippen LogP contribution < -0.4 is 16.0 Å². The molecule has 0 atom stereocenters. The fourth-order valence-corrected chi connectivity index (χ4v) is 1.53. The van der Waals surface area contributed by atoms with Gasteiger partial charge in [0.2, 0.25) is 5.91 Å². The summed E-state index contributed by atoms with van der Waals surface area (Å²) in [6.07, 6.45) is 2.11. The third kappa shape index (κ3) is 4.76. The van der Waals surface area contributed by atoms with Crippen LogP contribution in [0.4, 0.5) is 11.4 Å². The van der Waals surface area contributed by atoms with Gasteiger partial charge in [0.1, 0.15) is 0 Å². The van der Waals surface area contributed by atoms with Crippen molar-refractivity contribution in [2.45, 2.75) is 19.8 Å². The summed E-state index contributed by atoms with van der Waals surface area (Å²) < 4.78 is 0. The molecule has 0 aromatic heterocycles. The number of benzene rings is 1. The molecule has 0 unspecified atom stereocenters. The molecule has 0 aliphatic carbocycles. The fourth-order valence-electron chi connectivity index (χ4n) is 1.53. The van der Waals surface area contributed by atoms with Gasteiger partial charge < -0.3 is 16.0 Å². The zero-order valence-corrected chi connectivity index (χ0v) is 10.6. The molecule has 0 spiro atoms. The van der Waals surface area contributed by atoms with Crippen LogP contribution in [0, 0.1) is 0 Å². The Morgan fingerprint density at radius 1 is 1.47 bits per heavy atom. The number of unbranched alkanes of at least 4 members (excludes halogenated alkanes) is 1. The van der Waals surface area contributed by atoms with Crippen LogP contribution in [0.3, 0.4) is 0 Å². The van der Waals surface area contributed by atoms with Crippen LogP contribution in [0.5, 0.6) is 0 Å². The van der Waals surface area contributed by atoms with E-state index in [0.717, 1.165) is 25.1 Å². The van der Waals surface area contributed by atoms with E-state index in [1.165, 1.54) is 0 Å². The van der Waals surface area contributed by atoms with E-state index in [-0.39, 0.29) is 5.91 Å². The van der Waals surface area contributed by atoms with Crippen molar-refractivity contribution >= 4 is 17.3 Å². The summed E-state index contributed by atoms with van der Waals surface area (Å²) in [6.45, 7) is 3.21. The second kappa shape index (κ2) is 6.78. The molecule has 0 aliphatic heterocycles. The van der Waals surface area contributed by atoms with Gasteiger partial charge in [-0.15, -0.1) is 0 Å². The van der Waals surface area contributed by atoms with Gasteiger partial charge in [0.05, 0.1) is 6.54 Å². The van der Waals surface area contributed by atoms with Crippen molar-refractivity contribution in [2.75, 3.05) is 30.8 Å². The van der Waals surface area contributed by atoms with Crippen LogP contribution in [-0.2, 0) is 4.79 Å². The van der Waals surface area contributed by atoms with E-state index in [4.69, 9.17) is 5.73 Å². The summed E-state index contributed by atoms with van der Waals surface area (Å²) in [5.41, 5.74) is 7.36. The second-order valence-corrected chi connectivity index (χ2v) is 4.15. The molecule has 0 bridgehead atoms. The van der Waals surface area contributed by atoms with E-state index in [1.54, 1.807) is 0 Å². The number of amides is 1. The van der Waals surface area contributed by atoms with Gasteiger partial charge in [0, 0.05) is 25.0 Å². The maximum Gasteiger partial charge on any atom is 0.239 e. The lowest BCUT2D eigenvalue weighted by Gasteiger charge is -2.19. The molecule has 4 nitrogen and oxygen atoms in total. The number of nitrogens with two attached hydrogens (primary N) is 1. The van der Waals surface area contributed by atoms with Crippen LogP contribution in [0.15, 0.2) is 24.3 Å². The van der Waals surface area contributed by atoms with E-state index < -0.39 is 0 Å². The molecule has 1 rings (SSSR count). The van der Waals surface area contributed by atoms with E-state index in [0.29, 0.717) is 12.2 Å². The minimum Gasteiger partial charge on any atom is -0.399 e. The third-order valence-corrected chi connectivity index (χ3v) is 2.54. The Morgan fingerprint density at radius 2 is 2.24 bits per heavy atom. The summed E-state index contributed by atoms with van der Waals surface area (Å²) >= 11 is 0. The smallest absolute Gasteiger partial charge is 0.239 e. The topological polar surface area (TPSA) is 58.4 Å². The Kier molecular flexibility index (Phi) is 5.33. The molecule has 17 heavy (non-hydrogen) atoms. The van der Waals surface area contributed by atoms with Gasteiger partial charge in [-0.1, -0.05) is 19.4 Å².